The van der Waals surface area contributed by atoms with Gasteiger partial charge in [0.15, 0.2) is 0 Å². The Morgan fingerprint density at radius 2 is 2.00 bits per heavy atom. The number of hydrogen-bond donors (Lipinski definition) is 1. The van der Waals surface area contributed by atoms with Crippen LogP contribution in [0.4, 0.5) is 11.4 Å². The van der Waals surface area contributed by atoms with Gasteiger partial charge in [0.25, 0.3) is 11.6 Å². The van der Waals surface area contributed by atoms with Gasteiger partial charge < -0.3 is 10.2 Å². The van der Waals surface area contributed by atoms with Crippen LogP contribution in [-0.2, 0) is 16.6 Å². The first-order valence-electron chi connectivity index (χ1n) is 10.4. The summed E-state index contributed by atoms with van der Waals surface area (Å²) in [6, 6.07) is 10.9. The zero-order valence-corrected chi connectivity index (χ0v) is 19.3. The first-order chi connectivity index (χ1) is 15.1. The summed E-state index contributed by atoms with van der Waals surface area (Å²) in [4.78, 5) is 24.6. The van der Waals surface area contributed by atoms with Gasteiger partial charge in [0.05, 0.1) is 9.82 Å². The van der Waals surface area contributed by atoms with Crippen LogP contribution in [0.15, 0.2) is 47.4 Å². The number of sulfonamides is 1. The molecule has 3 rings (SSSR count). The lowest BCUT2D eigenvalue weighted by Crippen LogP contribution is -2.39. The average molecular weight is 461 g/mol. The molecule has 1 N–H and O–H groups in total. The van der Waals surface area contributed by atoms with Crippen LogP contribution in [0, 0.1) is 16.0 Å². The van der Waals surface area contributed by atoms with E-state index in [0.29, 0.717) is 18.7 Å². The summed E-state index contributed by atoms with van der Waals surface area (Å²) < 4.78 is 27.4. The van der Waals surface area contributed by atoms with E-state index in [1.807, 2.05) is 13.0 Å². The van der Waals surface area contributed by atoms with E-state index in [-0.39, 0.29) is 34.6 Å². The maximum absolute atomic E-state index is 13.0. The van der Waals surface area contributed by atoms with Gasteiger partial charge in [-0.15, -0.1) is 0 Å². The summed E-state index contributed by atoms with van der Waals surface area (Å²) in [6.45, 7) is 3.07. The summed E-state index contributed by atoms with van der Waals surface area (Å²) in [5.74, 6) is 0.115. The van der Waals surface area contributed by atoms with Crippen molar-refractivity contribution in [3.05, 3.63) is 63.7 Å². The van der Waals surface area contributed by atoms with Gasteiger partial charge in [-0.05, 0) is 48.6 Å². The molecule has 0 radical (unpaired) electrons. The molecule has 10 heteroatoms. The van der Waals surface area contributed by atoms with Gasteiger partial charge in [-0.25, -0.2) is 8.42 Å². The number of benzene rings is 2. The van der Waals surface area contributed by atoms with Gasteiger partial charge in [-0.2, -0.15) is 4.31 Å². The van der Waals surface area contributed by atoms with Crippen molar-refractivity contribution in [2.45, 2.75) is 31.2 Å². The number of carbonyl (C=O) groups excluding carboxylic acids is 1. The fraction of sp³-hybridized carbons (Fsp3) is 0.409. The number of carbonyl (C=O) groups is 1. The number of nitrogens with one attached hydrogen (secondary N) is 1. The minimum atomic E-state index is -3.80. The number of anilines is 1. The van der Waals surface area contributed by atoms with Crippen LogP contribution in [-0.4, -0.2) is 55.6 Å². The van der Waals surface area contributed by atoms with Crippen molar-refractivity contribution in [3.8, 4) is 0 Å². The van der Waals surface area contributed by atoms with Gasteiger partial charge in [-0.1, -0.05) is 19.1 Å². The van der Waals surface area contributed by atoms with E-state index in [1.165, 1.54) is 21.3 Å². The van der Waals surface area contributed by atoms with Crippen LogP contribution in [0.5, 0.6) is 0 Å². The molecule has 9 nitrogen and oxygen atoms in total. The number of piperidine rings is 1. The Bertz CT molecular complexity index is 1120. The van der Waals surface area contributed by atoms with Crippen LogP contribution >= 0.6 is 0 Å². The van der Waals surface area contributed by atoms with E-state index in [1.54, 1.807) is 32.3 Å². The lowest BCUT2D eigenvalue weighted by Gasteiger charge is -2.30. The van der Waals surface area contributed by atoms with E-state index in [0.717, 1.165) is 24.5 Å². The van der Waals surface area contributed by atoms with Crippen molar-refractivity contribution in [2.24, 2.45) is 5.92 Å². The number of amides is 1. The molecule has 0 saturated carbocycles. The highest BCUT2D eigenvalue weighted by Crippen LogP contribution is 2.31. The Morgan fingerprint density at radius 3 is 2.66 bits per heavy atom. The Balaban J connectivity index is 1.82. The average Bonchev–Trinajstić information content (AvgIpc) is 2.77. The number of nitro benzene ring substituents is 1. The molecule has 1 saturated heterocycles. The Labute approximate surface area is 188 Å². The molecule has 1 fully saturated rings. The molecular weight excluding hydrogens is 432 g/mol. The van der Waals surface area contributed by atoms with E-state index in [4.69, 9.17) is 0 Å². The third-order valence-electron chi connectivity index (χ3n) is 5.49. The minimum Gasteiger partial charge on any atom is -0.375 e. The molecule has 0 aromatic heterocycles. The summed E-state index contributed by atoms with van der Waals surface area (Å²) in [5.41, 5.74) is 1.19. The highest BCUT2D eigenvalue weighted by atomic mass is 32.2. The van der Waals surface area contributed by atoms with Crippen molar-refractivity contribution >= 4 is 27.3 Å². The fourth-order valence-electron chi connectivity index (χ4n) is 3.76. The Kier molecular flexibility index (Phi) is 7.15. The van der Waals surface area contributed by atoms with Crippen molar-refractivity contribution in [2.75, 3.05) is 32.5 Å². The molecule has 1 unspecified atom stereocenters. The third-order valence-corrected chi connectivity index (χ3v) is 7.35. The molecule has 1 aliphatic rings. The number of nitro groups is 1. The highest BCUT2D eigenvalue weighted by Gasteiger charge is 2.30. The second-order valence-electron chi connectivity index (χ2n) is 8.30. The quantitative estimate of drug-likeness (QED) is 0.501. The standard InChI is InChI=1S/C22H28N4O5S/c1-16-6-5-11-25(15-16)32(30,31)19-9-10-20(21(13-19)26(28)29)23-14-17-7-4-8-18(12-17)22(27)24(2)3/h4,7-10,12-13,16,23H,5-6,11,14-15H2,1-3H3. The molecule has 1 atom stereocenters. The molecule has 1 aliphatic heterocycles. The molecule has 0 spiro atoms. The fourth-order valence-corrected chi connectivity index (χ4v) is 5.37. The van der Waals surface area contributed by atoms with Gasteiger partial charge in [0.1, 0.15) is 5.69 Å². The second-order valence-corrected chi connectivity index (χ2v) is 10.2. The van der Waals surface area contributed by atoms with Gasteiger partial charge >= 0.3 is 0 Å². The summed E-state index contributed by atoms with van der Waals surface area (Å²) >= 11 is 0. The summed E-state index contributed by atoms with van der Waals surface area (Å²) in [5, 5.41) is 14.7. The predicted molar refractivity (Wildman–Crippen MR) is 122 cm³/mol. The van der Waals surface area contributed by atoms with Gasteiger partial charge in [-0.3, -0.25) is 14.9 Å². The highest BCUT2D eigenvalue weighted by molar-refractivity contribution is 7.89. The van der Waals surface area contributed by atoms with Crippen LogP contribution < -0.4 is 5.32 Å². The van der Waals surface area contributed by atoms with Crippen molar-refractivity contribution < 1.29 is 18.1 Å². The van der Waals surface area contributed by atoms with Gasteiger partial charge in [0.2, 0.25) is 10.0 Å². The van der Waals surface area contributed by atoms with E-state index >= 15 is 0 Å². The predicted octanol–water partition coefficient (Wildman–Crippen LogP) is 3.33. The number of rotatable bonds is 7. The van der Waals surface area contributed by atoms with E-state index in [2.05, 4.69) is 5.32 Å². The van der Waals surface area contributed by atoms with Crippen molar-refractivity contribution in [1.82, 2.24) is 9.21 Å². The maximum Gasteiger partial charge on any atom is 0.293 e. The molecule has 0 bridgehead atoms. The molecular formula is C22H28N4O5S. The molecule has 172 valence electrons. The van der Waals surface area contributed by atoms with E-state index < -0.39 is 14.9 Å². The largest absolute Gasteiger partial charge is 0.375 e. The zero-order valence-electron chi connectivity index (χ0n) is 18.4. The third kappa shape index (κ3) is 5.25. The molecule has 1 heterocycles. The number of hydrogen-bond acceptors (Lipinski definition) is 6. The molecule has 2 aromatic rings. The molecule has 1 amide bonds. The Morgan fingerprint density at radius 1 is 1.25 bits per heavy atom. The van der Waals surface area contributed by atoms with Crippen LogP contribution in [0.1, 0.15) is 35.7 Å². The van der Waals surface area contributed by atoms with Crippen LogP contribution in [0.25, 0.3) is 0 Å². The Hall–Kier alpha value is -2.98. The topological polar surface area (TPSA) is 113 Å². The van der Waals surface area contributed by atoms with Crippen LogP contribution in [0.3, 0.4) is 0 Å². The van der Waals surface area contributed by atoms with Gasteiger partial charge in [0, 0.05) is 45.4 Å². The zero-order chi connectivity index (χ0) is 23.5. The monoisotopic (exact) mass is 460 g/mol. The minimum absolute atomic E-state index is 0.0811. The smallest absolute Gasteiger partial charge is 0.293 e. The lowest BCUT2D eigenvalue weighted by molar-refractivity contribution is -0.384. The first kappa shape index (κ1) is 23.7. The van der Waals surface area contributed by atoms with Crippen LogP contribution in [0.2, 0.25) is 0 Å². The lowest BCUT2D eigenvalue weighted by atomic mass is 10.0. The second kappa shape index (κ2) is 9.66. The summed E-state index contributed by atoms with van der Waals surface area (Å²) in [7, 11) is -0.472. The molecule has 0 aliphatic carbocycles. The maximum atomic E-state index is 13.0. The molecule has 32 heavy (non-hydrogen) atoms. The SMILES string of the molecule is CC1CCCN(S(=O)(=O)c2ccc(NCc3cccc(C(=O)N(C)C)c3)c([N+](=O)[O-])c2)C1. The summed E-state index contributed by atoms with van der Waals surface area (Å²) in [6.07, 6.45) is 1.74. The van der Waals surface area contributed by atoms with Crippen molar-refractivity contribution in [1.29, 1.82) is 0 Å². The first-order valence-corrected chi connectivity index (χ1v) is 11.9. The normalized spacial score (nSPS) is 17.0. The molecule has 2 aromatic carbocycles. The van der Waals surface area contributed by atoms with Crippen molar-refractivity contribution in [3.63, 3.8) is 0 Å². The number of nitrogens with zero attached hydrogens (tertiary/aromatic N) is 3. The van der Waals surface area contributed by atoms with E-state index in [9.17, 15) is 23.3 Å².